The zero-order chi connectivity index (χ0) is 25.9. The molecule has 8 nitrogen and oxygen atoms in total. The number of nitrogens with one attached hydrogen (secondary N) is 1. The standard InChI is InChI=1S/C27H32ClFN6O2/c1-18-13-19(4-6-24(18)37-12-11-34-9-7-30-8-10-34)26-31-15-23-27(32-26)35(17-25(36)33(23)2)16-20-3-5-21(28)14-22(20)29/h3-6,14-15,18,30H,7-13,16-17H2,1-2H3. The van der Waals surface area contributed by atoms with E-state index in [-0.39, 0.29) is 24.9 Å². The zero-order valence-corrected chi connectivity index (χ0v) is 22.0. The molecule has 1 unspecified atom stereocenters. The highest BCUT2D eigenvalue weighted by Crippen LogP contribution is 2.35. The Labute approximate surface area is 221 Å². The number of hydrogen-bond donors (Lipinski definition) is 1. The molecular formula is C27H32ClFN6O2. The number of amides is 1. The molecule has 2 aliphatic heterocycles. The second-order valence-electron chi connectivity index (χ2n) is 9.75. The van der Waals surface area contributed by atoms with E-state index in [9.17, 15) is 9.18 Å². The summed E-state index contributed by atoms with van der Waals surface area (Å²) in [5.74, 6) is 1.87. The quantitative estimate of drug-likeness (QED) is 0.592. The summed E-state index contributed by atoms with van der Waals surface area (Å²) in [5.41, 5.74) is 2.05. The Kier molecular flexibility index (Phi) is 7.73. The van der Waals surface area contributed by atoms with E-state index < -0.39 is 5.82 Å². The van der Waals surface area contributed by atoms with Crippen molar-refractivity contribution in [3.05, 3.63) is 64.5 Å². The Morgan fingerprint density at radius 2 is 2.05 bits per heavy atom. The van der Waals surface area contributed by atoms with Crippen molar-refractivity contribution >= 4 is 34.6 Å². The van der Waals surface area contributed by atoms with Crippen LogP contribution >= 0.6 is 11.6 Å². The molecule has 196 valence electrons. The molecule has 1 N–H and O–H groups in total. The van der Waals surface area contributed by atoms with Crippen molar-refractivity contribution in [1.82, 2.24) is 20.2 Å². The average molecular weight is 527 g/mol. The third kappa shape index (κ3) is 5.79. The van der Waals surface area contributed by atoms with E-state index in [1.807, 2.05) is 12.2 Å². The van der Waals surface area contributed by atoms with Crippen LogP contribution in [0.15, 0.2) is 42.3 Å². The summed E-state index contributed by atoms with van der Waals surface area (Å²) >= 11 is 5.92. The van der Waals surface area contributed by atoms with Crippen LogP contribution in [0.3, 0.4) is 0 Å². The number of carbonyl (C=O) groups is 1. The fourth-order valence-corrected chi connectivity index (χ4v) is 5.04. The van der Waals surface area contributed by atoms with Crippen molar-refractivity contribution in [3.63, 3.8) is 0 Å². The van der Waals surface area contributed by atoms with Crippen LogP contribution in [0.1, 0.15) is 24.7 Å². The lowest BCUT2D eigenvalue weighted by Crippen LogP contribution is -2.44. The fourth-order valence-electron chi connectivity index (χ4n) is 4.88. The molecule has 5 rings (SSSR count). The Morgan fingerprint density at radius 3 is 2.81 bits per heavy atom. The van der Waals surface area contributed by atoms with Crippen LogP contribution in [0.5, 0.6) is 0 Å². The van der Waals surface area contributed by atoms with Crippen molar-refractivity contribution in [1.29, 1.82) is 0 Å². The van der Waals surface area contributed by atoms with Crippen LogP contribution in [0, 0.1) is 11.7 Å². The smallest absolute Gasteiger partial charge is 0.246 e. The summed E-state index contributed by atoms with van der Waals surface area (Å²) < 4.78 is 20.6. The number of rotatable bonds is 7. The van der Waals surface area contributed by atoms with Gasteiger partial charge in [0.05, 0.1) is 18.5 Å². The summed E-state index contributed by atoms with van der Waals surface area (Å²) in [7, 11) is 1.71. The second-order valence-corrected chi connectivity index (χ2v) is 10.2. The average Bonchev–Trinajstić information content (AvgIpc) is 2.90. The number of anilines is 2. The van der Waals surface area contributed by atoms with E-state index in [1.54, 1.807) is 35.2 Å². The molecule has 1 aromatic carbocycles. The first-order valence-corrected chi connectivity index (χ1v) is 13.1. The first kappa shape index (κ1) is 25.6. The number of ether oxygens (including phenoxy) is 1. The molecule has 1 fully saturated rings. The van der Waals surface area contributed by atoms with E-state index in [1.165, 1.54) is 6.07 Å². The molecule has 2 aromatic rings. The Balaban J connectivity index is 1.33. The number of allylic oxidation sites excluding steroid dienone is 4. The molecular weight excluding hydrogens is 495 g/mol. The van der Waals surface area contributed by atoms with Gasteiger partial charge in [0.15, 0.2) is 11.6 Å². The lowest BCUT2D eigenvalue weighted by Gasteiger charge is -2.34. The highest BCUT2D eigenvalue weighted by Gasteiger charge is 2.30. The normalized spacial score (nSPS) is 20.4. The first-order chi connectivity index (χ1) is 17.9. The molecule has 1 amide bonds. The van der Waals surface area contributed by atoms with Crippen molar-refractivity contribution in [2.45, 2.75) is 19.9 Å². The minimum Gasteiger partial charge on any atom is -0.496 e. The van der Waals surface area contributed by atoms with Gasteiger partial charge in [0.25, 0.3) is 0 Å². The van der Waals surface area contributed by atoms with Gasteiger partial charge in [-0.3, -0.25) is 9.69 Å². The van der Waals surface area contributed by atoms with Gasteiger partial charge in [-0.25, -0.2) is 14.4 Å². The van der Waals surface area contributed by atoms with Gasteiger partial charge in [0.2, 0.25) is 5.91 Å². The number of aromatic nitrogens is 2. The topological polar surface area (TPSA) is 73.8 Å². The summed E-state index contributed by atoms with van der Waals surface area (Å²) in [5, 5.41) is 3.70. The van der Waals surface area contributed by atoms with E-state index in [4.69, 9.17) is 21.3 Å². The van der Waals surface area contributed by atoms with Crippen LogP contribution in [0.2, 0.25) is 5.02 Å². The van der Waals surface area contributed by atoms with Crippen molar-refractivity contribution in [2.24, 2.45) is 5.92 Å². The van der Waals surface area contributed by atoms with Crippen LogP contribution in [-0.4, -0.2) is 73.7 Å². The number of carbonyl (C=O) groups excluding carboxylic acids is 1. The van der Waals surface area contributed by atoms with Crippen molar-refractivity contribution in [3.8, 4) is 0 Å². The van der Waals surface area contributed by atoms with Gasteiger partial charge in [-0.05, 0) is 30.2 Å². The lowest BCUT2D eigenvalue weighted by atomic mass is 9.93. The molecule has 1 aromatic heterocycles. The third-order valence-electron chi connectivity index (χ3n) is 7.12. The molecule has 1 aliphatic carbocycles. The summed E-state index contributed by atoms with van der Waals surface area (Å²) in [6, 6.07) is 4.57. The van der Waals surface area contributed by atoms with Gasteiger partial charge < -0.3 is 19.9 Å². The molecule has 1 atom stereocenters. The SMILES string of the molecule is CC1CC(c2ncc3c(n2)N(Cc2ccc(Cl)cc2F)CC(=O)N3C)=CC=C1OCCN1CCNCC1. The highest BCUT2D eigenvalue weighted by atomic mass is 35.5. The number of halogens is 2. The third-order valence-corrected chi connectivity index (χ3v) is 7.36. The summed E-state index contributed by atoms with van der Waals surface area (Å²) in [6.07, 6.45) is 6.46. The highest BCUT2D eigenvalue weighted by molar-refractivity contribution is 6.30. The molecule has 10 heteroatoms. The molecule has 0 radical (unpaired) electrons. The zero-order valence-electron chi connectivity index (χ0n) is 21.2. The number of nitrogens with zero attached hydrogens (tertiary/aromatic N) is 5. The minimum atomic E-state index is -0.409. The van der Waals surface area contributed by atoms with Crippen LogP contribution in [0.4, 0.5) is 15.9 Å². The fraction of sp³-hybridized carbons (Fsp3) is 0.444. The Hall–Kier alpha value is -3.01. The number of fused-ring (bicyclic) bond motifs is 1. The molecule has 0 saturated carbocycles. The Morgan fingerprint density at radius 1 is 1.24 bits per heavy atom. The molecule has 0 spiro atoms. The largest absolute Gasteiger partial charge is 0.496 e. The Bertz CT molecular complexity index is 1230. The van der Waals surface area contributed by atoms with Crippen molar-refractivity contribution in [2.75, 3.05) is 62.7 Å². The van der Waals surface area contributed by atoms with Gasteiger partial charge >= 0.3 is 0 Å². The number of benzene rings is 1. The number of likely N-dealkylation sites (N-methyl/N-ethyl adjacent to an activating group) is 1. The first-order valence-electron chi connectivity index (χ1n) is 12.7. The van der Waals surface area contributed by atoms with Gasteiger partial charge in [0.1, 0.15) is 18.1 Å². The van der Waals surface area contributed by atoms with Crippen LogP contribution in [-0.2, 0) is 16.1 Å². The molecule has 3 heterocycles. The number of piperazine rings is 1. The number of hydrogen-bond acceptors (Lipinski definition) is 7. The van der Waals surface area contributed by atoms with Gasteiger partial charge in [-0.15, -0.1) is 0 Å². The second kappa shape index (κ2) is 11.2. The van der Waals surface area contributed by atoms with E-state index in [0.717, 1.165) is 50.5 Å². The van der Waals surface area contributed by atoms with Gasteiger partial charge in [-0.1, -0.05) is 30.7 Å². The molecule has 0 bridgehead atoms. The summed E-state index contributed by atoms with van der Waals surface area (Å²) in [4.78, 5) is 27.8. The molecule has 3 aliphatic rings. The van der Waals surface area contributed by atoms with Crippen molar-refractivity contribution < 1.29 is 13.9 Å². The monoisotopic (exact) mass is 526 g/mol. The van der Waals surface area contributed by atoms with Gasteiger partial charge in [-0.2, -0.15) is 0 Å². The maximum atomic E-state index is 14.5. The maximum absolute atomic E-state index is 14.5. The predicted molar refractivity (Wildman–Crippen MR) is 143 cm³/mol. The summed E-state index contributed by atoms with van der Waals surface area (Å²) in [6.45, 7) is 8.21. The van der Waals surface area contributed by atoms with E-state index in [2.05, 4.69) is 22.1 Å². The lowest BCUT2D eigenvalue weighted by molar-refractivity contribution is -0.117. The van der Waals surface area contributed by atoms with Crippen LogP contribution < -0.4 is 15.1 Å². The molecule has 37 heavy (non-hydrogen) atoms. The maximum Gasteiger partial charge on any atom is 0.246 e. The van der Waals surface area contributed by atoms with Crippen LogP contribution in [0.25, 0.3) is 5.57 Å². The van der Waals surface area contributed by atoms with Gasteiger partial charge in [0, 0.05) is 62.8 Å². The predicted octanol–water partition coefficient (Wildman–Crippen LogP) is 3.48. The van der Waals surface area contributed by atoms with E-state index >= 15 is 0 Å². The minimum absolute atomic E-state index is 0.0996. The molecule has 1 saturated heterocycles. The van der Waals surface area contributed by atoms with E-state index in [0.29, 0.717) is 34.5 Å².